The average molecular weight is 436 g/mol. The Balaban J connectivity index is 1.59. The SMILES string of the molecule is Cc1cc(OC(=O)c2ccccc2Cl)cc2c1C(=O)/C(=C/c1ccc([N+](=O)[O-])cc1)O2. The first-order chi connectivity index (χ1) is 14.8. The molecule has 0 aliphatic carbocycles. The van der Waals surface area contributed by atoms with Crippen molar-refractivity contribution in [3.8, 4) is 11.5 Å². The largest absolute Gasteiger partial charge is 0.452 e. The number of halogens is 1. The van der Waals surface area contributed by atoms with Crippen molar-refractivity contribution >= 4 is 35.1 Å². The van der Waals surface area contributed by atoms with E-state index >= 15 is 0 Å². The van der Waals surface area contributed by atoms with Gasteiger partial charge in [0.2, 0.25) is 5.78 Å². The van der Waals surface area contributed by atoms with Gasteiger partial charge in [-0.1, -0.05) is 23.7 Å². The Morgan fingerprint density at radius 2 is 1.84 bits per heavy atom. The van der Waals surface area contributed by atoms with Crippen LogP contribution in [0.1, 0.15) is 31.8 Å². The van der Waals surface area contributed by atoms with Gasteiger partial charge in [-0.05, 0) is 54.5 Å². The quantitative estimate of drug-likeness (QED) is 0.179. The average Bonchev–Trinajstić information content (AvgIpc) is 3.04. The van der Waals surface area contributed by atoms with Gasteiger partial charge in [0, 0.05) is 18.2 Å². The fraction of sp³-hybridized carbons (Fsp3) is 0.0435. The lowest BCUT2D eigenvalue weighted by Gasteiger charge is -2.08. The molecule has 8 heteroatoms. The molecule has 0 fully saturated rings. The predicted octanol–water partition coefficient (Wildman–Crippen LogP) is 5.39. The molecular weight excluding hydrogens is 422 g/mol. The van der Waals surface area contributed by atoms with Crippen LogP contribution in [0.2, 0.25) is 5.02 Å². The summed E-state index contributed by atoms with van der Waals surface area (Å²) in [4.78, 5) is 35.5. The lowest BCUT2D eigenvalue weighted by atomic mass is 10.0. The number of benzene rings is 3. The van der Waals surface area contributed by atoms with Crippen LogP contribution >= 0.6 is 11.6 Å². The van der Waals surface area contributed by atoms with E-state index in [1.807, 2.05) is 0 Å². The highest BCUT2D eigenvalue weighted by atomic mass is 35.5. The number of non-ortho nitro benzene ring substituents is 1. The number of Topliss-reactive ketones (excluding diaryl/α,β-unsaturated/α-hetero) is 1. The first kappa shape index (κ1) is 20.3. The summed E-state index contributed by atoms with van der Waals surface area (Å²) in [6.45, 7) is 1.71. The lowest BCUT2D eigenvalue weighted by Crippen LogP contribution is -2.09. The van der Waals surface area contributed by atoms with Crippen molar-refractivity contribution in [3.05, 3.63) is 104 Å². The van der Waals surface area contributed by atoms with Gasteiger partial charge in [-0.2, -0.15) is 0 Å². The second-order valence-corrected chi connectivity index (χ2v) is 7.18. The van der Waals surface area contributed by atoms with E-state index in [0.717, 1.165) is 0 Å². The first-order valence-corrected chi connectivity index (χ1v) is 9.51. The number of esters is 1. The third kappa shape index (κ3) is 4.04. The smallest absolute Gasteiger partial charge is 0.345 e. The normalized spacial score (nSPS) is 13.6. The van der Waals surface area contributed by atoms with E-state index in [9.17, 15) is 19.7 Å². The van der Waals surface area contributed by atoms with Gasteiger partial charge in [0.1, 0.15) is 11.5 Å². The number of aryl methyl sites for hydroxylation is 1. The van der Waals surface area contributed by atoms with E-state index in [2.05, 4.69) is 0 Å². The van der Waals surface area contributed by atoms with Crippen LogP contribution in [0.4, 0.5) is 5.69 Å². The van der Waals surface area contributed by atoms with Gasteiger partial charge in [-0.3, -0.25) is 14.9 Å². The summed E-state index contributed by atoms with van der Waals surface area (Å²) in [5, 5.41) is 11.0. The van der Waals surface area contributed by atoms with Crippen molar-refractivity contribution in [1.82, 2.24) is 0 Å². The molecule has 7 nitrogen and oxygen atoms in total. The third-order valence-corrected chi connectivity index (χ3v) is 4.98. The number of hydrogen-bond acceptors (Lipinski definition) is 6. The topological polar surface area (TPSA) is 95.7 Å². The van der Waals surface area contributed by atoms with Crippen molar-refractivity contribution in [3.63, 3.8) is 0 Å². The zero-order valence-electron chi connectivity index (χ0n) is 16.1. The Labute approximate surface area is 181 Å². The van der Waals surface area contributed by atoms with Crippen LogP contribution in [-0.4, -0.2) is 16.7 Å². The highest BCUT2D eigenvalue weighted by Crippen LogP contribution is 2.38. The second-order valence-electron chi connectivity index (χ2n) is 6.77. The van der Waals surface area contributed by atoms with Crippen LogP contribution in [0.5, 0.6) is 11.5 Å². The van der Waals surface area contributed by atoms with Crippen LogP contribution < -0.4 is 9.47 Å². The number of rotatable bonds is 4. The standard InChI is InChI=1S/C23H14ClNO6/c1-13-10-16(30-23(27)17-4-2-3-5-18(17)24)12-19-21(13)22(26)20(31-19)11-14-6-8-15(9-7-14)25(28)29/h2-12H,1H3/b20-11-. The van der Waals surface area contributed by atoms with Gasteiger partial charge < -0.3 is 9.47 Å². The lowest BCUT2D eigenvalue weighted by molar-refractivity contribution is -0.384. The van der Waals surface area contributed by atoms with Gasteiger partial charge >= 0.3 is 5.97 Å². The molecule has 0 spiro atoms. The molecular formula is C23H14ClNO6. The van der Waals surface area contributed by atoms with Crippen molar-refractivity contribution in [1.29, 1.82) is 0 Å². The van der Waals surface area contributed by atoms with Crippen molar-refractivity contribution in [2.75, 3.05) is 0 Å². The molecule has 1 aliphatic rings. The molecule has 0 bridgehead atoms. The van der Waals surface area contributed by atoms with Gasteiger partial charge in [0.05, 0.1) is 21.1 Å². The molecule has 154 valence electrons. The Kier molecular flexibility index (Phi) is 5.27. The van der Waals surface area contributed by atoms with E-state index in [4.69, 9.17) is 21.1 Å². The second kappa shape index (κ2) is 8.04. The zero-order valence-corrected chi connectivity index (χ0v) is 16.9. The fourth-order valence-electron chi connectivity index (χ4n) is 3.17. The summed E-state index contributed by atoms with van der Waals surface area (Å²) >= 11 is 6.04. The number of nitrogens with zero attached hydrogens (tertiary/aromatic N) is 1. The molecule has 4 rings (SSSR count). The number of hydrogen-bond donors (Lipinski definition) is 0. The van der Waals surface area contributed by atoms with Crippen LogP contribution in [0.3, 0.4) is 0 Å². The highest BCUT2D eigenvalue weighted by Gasteiger charge is 2.30. The molecule has 1 aliphatic heterocycles. The molecule has 3 aromatic rings. The minimum absolute atomic E-state index is 0.0510. The summed E-state index contributed by atoms with van der Waals surface area (Å²) in [6, 6.07) is 15.3. The van der Waals surface area contributed by atoms with Gasteiger partial charge in [0.25, 0.3) is 5.69 Å². The fourth-order valence-corrected chi connectivity index (χ4v) is 3.38. The van der Waals surface area contributed by atoms with E-state index in [0.29, 0.717) is 16.7 Å². The van der Waals surface area contributed by atoms with Crippen molar-refractivity contribution < 1.29 is 24.0 Å². The monoisotopic (exact) mass is 435 g/mol. The van der Waals surface area contributed by atoms with Gasteiger partial charge in [-0.15, -0.1) is 0 Å². The van der Waals surface area contributed by atoms with Gasteiger partial charge in [0.15, 0.2) is 5.76 Å². The van der Waals surface area contributed by atoms with Crippen molar-refractivity contribution in [2.45, 2.75) is 6.92 Å². The minimum atomic E-state index is -0.629. The molecule has 1 heterocycles. The van der Waals surface area contributed by atoms with Crippen molar-refractivity contribution in [2.24, 2.45) is 0 Å². The molecule has 0 atom stereocenters. The molecule has 0 amide bonds. The maximum absolute atomic E-state index is 12.8. The number of nitro benzene ring substituents is 1. The molecule has 3 aromatic carbocycles. The summed E-state index contributed by atoms with van der Waals surface area (Å²) in [5.74, 6) is -0.405. The zero-order chi connectivity index (χ0) is 22.1. The summed E-state index contributed by atoms with van der Waals surface area (Å²) in [7, 11) is 0. The number of carbonyl (C=O) groups is 2. The summed E-state index contributed by atoms with van der Waals surface area (Å²) in [5.41, 5.74) is 1.69. The number of nitro groups is 1. The molecule has 0 N–H and O–H groups in total. The molecule has 0 saturated carbocycles. The van der Waals surface area contributed by atoms with Gasteiger partial charge in [-0.25, -0.2) is 4.79 Å². The minimum Gasteiger partial charge on any atom is -0.452 e. The Morgan fingerprint density at radius 3 is 2.52 bits per heavy atom. The molecule has 0 aromatic heterocycles. The highest BCUT2D eigenvalue weighted by molar-refractivity contribution is 6.33. The number of fused-ring (bicyclic) bond motifs is 1. The Hall–Kier alpha value is -3.97. The molecule has 0 unspecified atom stereocenters. The maximum atomic E-state index is 12.8. The number of carbonyl (C=O) groups excluding carboxylic acids is 2. The van der Waals surface area contributed by atoms with E-state index in [-0.39, 0.29) is 39.3 Å². The van der Waals surface area contributed by atoms with Crippen LogP contribution in [0.25, 0.3) is 6.08 Å². The van der Waals surface area contributed by atoms with Crippen LogP contribution in [0.15, 0.2) is 66.4 Å². The van der Waals surface area contributed by atoms with Crippen LogP contribution in [-0.2, 0) is 0 Å². The Bertz CT molecular complexity index is 1260. The van der Waals surface area contributed by atoms with E-state index in [1.54, 1.807) is 37.3 Å². The first-order valence-electron chi connectivity index (χ1n) is 9.13. The molecule has 0 saturated heterocycles. The van der Waals surface area contributed by atoms with Crippen LogP contribution in [0, 0.1) is 17.0 Å². The van der Waals surface area contributed by atoms with E-state index in [1.165, 1.54) is 36.4 Å². The number of allylic oxidation sites excluding steroid dienone is 1. The Morgan fingerprint density at radius 1 is 1.13 bits per heavy atom. The van der Waals surface area contributed by atoms with E-state index < -0.39 is 10.9 Å². The molecule has 31 heavy (non-hydrogen) atoms. The molecule has 0 radical (unpaired) electrons. The number of ether oxygens (including phenoxy) is 2. The third-order valence-electron chi connectivity index (χ3n) is 4.65. The summed E-state index contributed by atoms with van der Waals surface area (Å²) in [6.07, 6.45) is 1.50. The number of ketones is 1. The summed E-state index contributed by atoms with van der Waals surface area (Å²) < 4.78 is 11.1. The maximum Gasteiger partial charge on any atom is 0.345 e. The predicted molar refractivity (Wildman–Crippen MR) is 114 cm³/mol.